The Bertz CT molecular complexity index is 1200. The van der Waals surface area contributed by atoms with Crippen LogP contribution < -0.4 is 0 Å². The van der Waals surface area contributed by atoms with Crippen LogP contribution in [-0.4, -0.2) is 15.4 Å². The van der Waals surface area contributed by atoms with Gasteiger partial charge in [-0.3, -0.25) is 4.79 Å². The number of aryl methyl sites for hydroxylation is 1. The Hall–Kier alpha value is -3.01. The molecular formula is C27H24Cl2N2O. The number of hydrogen-bond donors (Lipinski definition) is 0. The summed E-state index contributed by atoms with van der Waals surface area (Å²) in [6, 6.07) is 27.6. The highest BCUT2D eigenvalue weighted by atomic mass is 35.5. The Balaban J connectivity index is 1.61. The molecule has 0 N–H and O–H groups in total. The van der Waals surface area contributed by atoms with Crippen molar-refractivity contribution in [3.8, 4) is 0 Å². The van der Waals surface area contributed by atoms with Crippen LogP contribution in [0.1, 0.15) is 32.7 Å². The van der Waals surface area contributed by atoms with E-state index in [1.54, 1.807) is 18.2 Å². The van der Waals surface area contributed by atoms with Crippen LogP contribution in [-0.2, 0) is 19.6 Å². The van der Waals surface area contributed by atoms with E-state index in [2.05, 4.69) is 48.0 Å². The van der Waals surface area contributed by atoms with Crippen LogP contribution >= 0.6 is 23.2 Å². The molecule has 0 saturated heterocycles. The van der Waals surface area contributed by atoms with Crippen molar-refractivity contribution in [1.29, 1.82) is 0 Å². The Morgan fingerprint density at radius 3 is 2.28 bits per heavy atom. The minimum absolute atomic E-state index is 0.0875. The normalized spacial score (nSPS) is 10.8. The van der Waals surface area contributed by atoms with Crippen LogP contribution in [0.15, 0.2) is 91.1 Å². The topological polar surface area (TPSA) is 25.2 Å². The van der Waals surface area contributed by atoms with Gasteiger partial charge in [0.2, 0.25) is 0 Å². The molecule has 0 radical (unpaired) electrons. The molecule has 0 spiro atoms. The van der Waals surface area contributed by atoms with Crippen molar-refractivity contribution in [2.75, 3.05) is 0 Å². The molecule has 0 bridgehead atoms. The summed E-state index contributed by atoms with van der Waals surface area (Å²) in [5.74, 6) is -0.0875. The molecule has 4 rings (SSSR count). The summed E-state index contributed by atoms with van der Waals surface area (Å²) in [5, 5.41) is 0.810. The summed E-state index contributed by atoms with van der Waals surface area (Å²) < 4.78 is 2.19. The van der Waals surface area contributed by atoms with Gasteiger partial charge >= 0.3 is 0 Å². The maximum atomic E-state index is 13.5. The van der Waals surface area contributed by atoms with Crippen LogP contribution in [0.25, 0.3) is 0 Å². The maximum Gasteiger partial charge on any atom is 0.254 e. The highest BCUT2D eigenvalue weighted by Gasteiger charge is 2.19. The zero-order chi connectivity index (χ0) is 22.5. The summed E-state index contributed by atoms with van der Waals surface area (Å²) >= 11 is 12.2. The number of nitrogens with zero attached hydrogens (tertiary/aromatic N) is 2. The number of amides is 1. The predicted molar refractivity (Wildman–Crippen MR) is 131 cm³/mol. The zero-order valence-electron chi connectivity index (χ0n) is 17.8. The molecule has 1 heterocycles. The molecule has 0 fully saturated rings. The Morgan fingerprint density at radius 2 is 1.56 bits per heavy atom. The van der Waals surface area contributed by atoms with Crippen molar-refractivity contribution in [2.45, 2.75) is 26.6 Å². The van der Waals surface area contributed by atoms with Crippen LogP contribution in [0.3, 0.4) is 0 Å². The maximum absolute atomic E-state index is 13.5. The molecule has 162 valence electrons. The summed E-state index contributed by atoms with van der Waals surface area (Å²) in [5.41, 5.74) is 5.11. The van der Waals surface area contributed by atoms with Gasteiger partial charge in [-0.1, -0.05) is 83.4 Å². The third-order valence-electron chi connectivity index (χ3n) is 5.42. The number of aromatic nitrogens is 1. The monoisotopic (exact) mass is 462 g/mol. The van der Waals surface area contributed by atoms with Crippen molar-refractivity contribution < 1.29 is 4.79 Å². The molecule has 0 aliphatic rings. The van der Waals surface area contributed by atoms with Gasteiger partial charge in [0.05, 0.1) is 16.6 Å². The van der Waals surface area contributed by atoms with Gasteiger partial charge in [0, 0.05) is 30.5 Å². The molecule has 1 amide bonds. The van der Waals surface area contributed by atoms with E-state index in [9.17, 15) is 4.79 Å². The van der Waals surface area contributed by atoms with Crippen molar-refractivity contribution in [3.63, 3.8) is 0 Å². The minimum atomic E-state index is -0.0875. The molecular weight excluding hydrogens is 439 g/mol. The molecule has 0 atom stereocenters. The number of carbonyl (C=O) groups excluding carboxylic acids is 1. The fourth-order valence-electron chi connectivity index (χ4n) is 3.65. The first-order valence-electron chi connectivity index (χ1n) is 10.5. The lowest BCUT2D eigenvalue weighted by atomic mass is 10.1. The Morgan fingerprint density at radius 1 is 0.812 bits per heavy atom. The quantitative estimate of drug-likeness (QED) is 0.290. The number of hydrogen-bond acceptors (Lipinski definition) is 1. The largest absolute Gasteiger partial charge is 0.345 e. The SMILES string of the molecule is Cc1ccc(Cn2cccc2CN(Cc2ccccc2)C(=O)c2ccc(Cl)c(Cl)c2)cc1. The van der Waals surface area contributed by atoms with Crippen molar-refractivity contribution in [3.05, 3.63) is 129 Å². The van der Waals surface area contributed by atoms with E-state index < -0.39 is 0 Å². The van der Waals surface area contributed by atoms with Gasteiger partial charge in [-0.2, -0.15) is 0 Å². The van der Waals surface area contributed by atoms with Crippen LogP contribution in [0.5, 0.6) is 0 Å². The van der Waals surface area contributed by atoms with E-state index in [1.165, 1.54) is 11.1 Å². The van der Waals surface area contributed by atoms with Crippen LogP contribution in [0, 0.1) is 6.92 Å². The standard InChI is InChI=1S/C27H24Cl2N2O/c1-20-9-11-22(12-10-20)17-30-15-5-8-24(30)19-31(18-21-6-3-2-4-7-21)27(32)23-13-14-25(28)26(29)16-23/h2-16H,17-19H2,1H3. The third kappa shape index (κ3) is 5.42. The number of halogens is 2. The van der Waals surface area contributed by atoms with Gasteiger partial charge in [0.15, 0.2) is 0 Å². The van der Waals surface area contributed by atoms with Gasteiger partial charge in [-0.15, -0.1) is 0 Å². The smallest absolute Gasteiger partial charge is 0.254 e. The zero-order valence-corrected chi connectivity index (χ0v) is 19.4. The van der Waals surface area contributed by atoms with Gasteiger partial charge < -0.3 is 9.47 Å². The highest BCUT2D eigenvalue weighted by Crippen LogP contribution is 2.24. The summed E-state index contributed by atoms with van der Waals surface area (Å²) in [7, 11) is 0. The van der Waals surface area contributed by atoms with Crippen molar-refractivity contribution in [2.24, 2.45) is 0 Å². The van der Waals surface area contributed by atoms with E-state index in [4.69, 9.17) is 23.2 Å². The molecule has 0 saturated carbocycles. The lowest BCUT2D eigenvalue weighted by Gasteiger charge is -2.24. The summed E-state index contributed by atoms with van der Waals surface area (Å²) in [6.07, 6.45) is 2.06. The van der Waals surface area contributed by atoms with Gasteiger partial charge in [-0.05, 0) is 48.4 Å². The first-order valence-corrected chi connectivity index (χ1v) is 11.2. The van der Waals surface area contributed by atoms with Crippen molar-refractivity contribution in [1.82, 2.24) is 9.47 Å². The van der Waals surface area contributed by atoms with E-state index in [-0.39, 0.29) is 5.91 Å². The lowest BCUT2D eigenvalue weighted by molar-refractivity contribution is 0.0726. The molecule has 32 heavy (non-hydrogen) atoms. The average molecular weight is 463 g/mol. The first-order chi connectivity index (χ1) is 15.5. The van der Waals surface area contributed by atoms with Crippen LogP contribution in [0.4, 0.5) is 0 Å². The first kappa shape index (κ1) is 22.2. The number of rotatable bonds is 7. The molecule has 0 aliphatic carbocycles. The average Bonchev–Trinajstić information content (AvgIpc) is 3.23. The van der Waals surface area contributed by atoms with E-state index in [0.29, 0.717) is 28.7 Å². The molecule has 0 unspecified atom stereocenters. The molecule has 4 aromatic rings. The summed E-state index contributed by atoms with van der Waals surface area (Å²) in [4.78, 5) is 15.3. The summed E-state index contributed by atoms with van der Waals surface area (Å²) in [6.45, 7) is 3.81. The number of carbonyl (C=O) groups is 1. The van der Waals surface area contributed by atoms with Gasteiger partial charge in [-0.25, -0.2) is 0 Å². The number of benzene rings is 3. The van der Waals surface area contributed by atoms with Crippen LogP contribution in [0.2, 0.25) is 10.0 Å². The lowest BCUT2D eigenvalue weighted by Crippen LogP contribution is -2.31. The molecule has 3 nitrogen and oxygen atoms in total. The predicted octanol–water partition coefficient (Wildman–Crippen LogP) is 6.99. The molecule has 1 aromatic heterocycles. The van der Waals surface area contributed by atoms with E-state index in [1.807, 2.05) is 41.3 Å². The van der Waals surface area contributed by atoms with Crippen molar-refractivity contribution >= 4 is 29.1 Å². The Kier molecular flexibility index (Phi) is 6.99. The van der Waals surface area contributed by atoms with Gasteiger partial charge in [0.25, 0.3) is 5.91 Å². The third-order valence-corrected chi connectivity index (χ3v) is 6.16. The van der Waals surface area contributed by atoms with Gasteiger partial charge in [0.1, 0.15) is 0 Å². The molecule has 0 aliphatic heterocycles. The second-order valence-corrected chi connectivity index (χ2v) is 8.70. The fourth-order valence-corrected chi connectivity index (χ4v) is 3.95. The minimum Gasteiger partial charge on any atom is -0.345 e. The molecule has 5 heteroatoms. The second kappa shape index (κ2) is 10.1. The molecule has 3 aromatic carbocycles. The highest BCUT2D eigenvalue weighted by molar-refractivity contribution is 6.42. The Labute approximate surface area is 198 Å². The fraction of sp³-hybridized carbons (Fsp3) is 0.148. The van der Waals surface area contributed by atoms with E-state index in [0.717, 1.165) is 17.8 Å². The van der Waals surface area contributed by atoms with E-state index >= 15 is 0 Å². The second-order valence-electron chi connectivity index (χ2n) is 7.89.